The first-order valence-electron chi connectivity index (χ1n) is 7.32. The first kappa shape index (κ1) is 16.8. The van der Waals surface area contributed by atoms with Crippen LogP contribution in [-0.2, 0) is 0 Å². The van der Waals surface area contributed by atoms with Gasteiger partial charge in [0.05, 0.1) is 12.6 Å². The second kappa shape index (κ2) is 7.48. The lowest BCUT2D eigenvalue weighted by atomic mass is 9.77. The number of halogens is 3. The summed E-state index contributed by atoms with van der Waals surface area (Å²) < 4.78 is 37.3. The van der Waals surface area contributed by atoms with Crippen molar-refractivity contribution in [1.29, 1.82) is 0 Å². The van der Waals surface area contributed by atoms with Crippen LogP contribution in [0, 0.1) is 11.8 Å². The van der Waals surface area contributed by atoms with Crippen molar-refractivity contribution in [3.63, 3.8) is 0 Å². The fourth-order valence-corrected chi connectivity index (χ4v) is 3.10. The van der Waals surface area contributed by atoms with Gasteiger partial charge in [0, 0.05) is 6.54 Å². The summed E-state index contributed by atoms with van der Waals surface area (Å²) >= 11 is 0. The van der Waals surface area contributed by atoms with E-state index in [0.717, 1.165) is 32.1 Å². The van der Waals surface area contributed by atoms with Gasteiger partial charge in [-0.2, -0.15) is 13.2 Å². The molecule has 1 rings (SSSR count). The van der Waals surface area contributed by atoms with Crippen LogP contribution in [0.4, 0.5) is 13.2 Å². The highest BCUT2D eigenvalue weighted by molar-refractivity contribution is 4.82. The number of hydrogen-bond donors (Lipinski definition) is 1. The van der Waals surface area contributed by atoms with E-state index in [-0.39, 0.29) is 5.92 Å². The largest absolute Gasteiger partial charge is 0.401 e. The quantitative estimate of drug-likeness (QED) is 0.806. The third-order valence-electron chi connectivity index (χ3n) is 4.09. The molecular formula is C14H26F3NO. The third-order valence-corrected chi connectivity index (χ3v) is 4.09. The van der Waals surface area contributed by atoms with Gasteiger partial charge < -0.3 is 5.11 Å². The summed E-state index contributed by atoms with van der Waals surface area (Å²) in [6.07, 6.45) is 0.245. The number of rotatable bonds is 6. The minimum atomic E-state index is -4.15. The zero-order valence-corrected chi connectivity index (χ0v) is 11.9. The number of alkyl halides is 3. The molecule has 114 valence electrons. The van der Waals surface area contributed by atoms with Crippen molar-refractivity contribution >= 4 is 0 Å². The molecule has 3 unspecified atom stereocenters. The SMILES string of the molecule is CCCC1CCC(O)C(CN(CC)CC(F)(F)F)C1. The van der Waals surface area contributed by atoms with Crippen LogP contribution in [0.15, 0.2) is 0 Å². The van der Waals surface area contributed by atoms with Crippen molar-refractivity contribution in [1.82, 2.24) is 4.90 Å². The fraction of sp³-hybridized carbons (Fsp3) is 1.00. The summed E-state index contributed by atoms with van der Waals surface area (Å²) in [6.45, 7) is 3.73. The van der Waals surface area contributed by atoms with E-state index in [1.807, 2.05) is 0 Å². The van der Waals surface area contributed by atoms with Crippen LogP contribution in [0.25, 0.3) is 0 Å². The second-order valence-electron chi connectivity index (χ2n) is 5.74. The maximum Gasteiger partial charge on any atom is 0.401 e. The van der Waals surface area contributed by atoms with E-state index in [1.54, 1.807) is 6.92 Å². The Bertz CT molecular complexity index is 258. The van der Waals surface area contributed by atoms with Gasteiger partial charge in [0.25, 0.3) is 0 Å². The molecule has 0 spiro atoms. The predicted molar refractivity (Wildman–Crippen MR) is 69.9 cm³/mol. The molecule has 0 aromatic heterocycles. The highest BCUT2D eigenvalue weighted by Gasteiger charge is 2.34. The molecule has 0 amide bonds. The summed E-state index contributed by atoms with van der Waals surface area (Å²) in [5, 5.41) is 9.99. The number of hydrogen-bond acceptors (Lipinski definition) is 2. The zero-order chi connectivity index (χ0) is 14.5. The maximum absolute atomic E-state index is 12.4. The Labute approximate surface area is 114 Å². The minimum absolute atomic E-state index is 0.00685. The van der Waals surface area contributed by atoms with Gasteiger partial charge in [0.1, 0.15) is 0 Å². The average molecular weight is 281 g/mol. The van der Waals surface area contributed by atoms with E-state index in [4.69, 9.17) is 0 Å². The van der Waals surface area contributed by atoms with Gasteiger partial charge in [-0.15, -0.1) is 0 Å². The van der Waals surface area contributed by atoms with Crippen LogP contribution in [-0.4, -0.2) is 41.9 Å². The maximum atomic E-state index is 12.4. The standard InChI is InChI=1S/C14H26F3NO/c1-3-5-11-6-7-13(19)12(8-11)9-18(4-2)10-14(15,16)17/h11-13,19H,3-10H2,1-2H3. The molecule has 0 aromatic rings. The van der Waals surface area contributed by atoms with Crippen LogP contribution < -0.4 is 0 Å². The number of nitrogens with zero attached hydrogens (tertiary/aromatic N) is 1. The third kappa shape index (κ3) is 6.13. The smallest absolute Gasteiger partial charge is 0.393 e. The van der Waals surface area contributed by atoms with E-state index >= 15 is 0 Å². The Hall–Kier alpha value is -0.290. The first-order valence-corrected chi connectivity index (χ1v) is 7.32. The summed E-state index contributed by atoms with van der Waals surface area (Å²) in [6, 6.07) is 0. The summed E-state index contributed by atoms with van der Waals surface area (Å²) in [7, 11) is 0. The van der Waals surface area contributed by atoms with Crippen LogP contribution >= 0.6 is 0 Å². The fourth-order valence-electron chi connectivity index (χ4n) is 3.10. The molecule has 2 nitrogen and oxygen atoms in total. The van der Waals surface area contributed by atoms with Crippen molar-refractivity contribution in [3.8, 4) is 0 Å². The van der Waals surface area contributed by atoms with Gasteiger partial charge in [0.15, 0.2) is 0 Å². The van der Waals surface area contributed by atoms with Crippen molar-refractivity contribution in [3.05, 3.63) is 0 Å². The lowest BCUT2D eigenvalue weighted by Gasteiger charge is -2.36. The van der Waals surface area contributed by atoms with E-state index in [2.05, 4.69) is 6.92 Å². The topological polar surface area (TPSA) is 23.5 Å². The predicted octanol–water partition coefficient (Wildman–Crippen LogP) is 3.45. The normalized spacial score (nSPS) is 28.9. The molecule has 19 heavy (non-hydrogen) atoms. The Morgan fingerprint density at radius 1 is 1.21 bits per heavy atom. The Morgan fingerprint density at radius 3 is 2.42 bits per heavy atom. The van der Waals surface area contributed by atoms with Crippen LogP contribution in [0.5, 0.6) is 0 Å². The molecule has 0 saturated heterocycles. The van der Waals surface area contributed by atoms with Crippen molar-refractivity contribution in [2.75, 3.05) is 19.6 Å². The molecule has 0 aromatic carbocycles. The highest BCUT2D eigenvalue weighted by atomic mass is 19.4. The average Bonchev–Trinajstić information content (AvgIpc) is 2.31. The summed E-state index contributed by atoms with van der Waals surface area (Å²) in [4.78, 5) is 1.40. The van der Waals surface area contributed by atoms with E-state index in [9.17, 15) is 18.3 Å². The van der Waals surface area contributed by atoms with Crippen molar-refractivity contribution in [2.45, 2.75) is 58.2 Å². The molecule has 1 fully saturated rings. The molecule has 5 heteroatoms. The zero-order valence-electron chi connectivity index (χ0n) is 11.9. The Balaban J connectivity index is 2.51. The Kier molecular flexibility index (Phi) is 6.60. The van der Waals surface area contributed by atoms with Gasteiger partial charge >= 0.3 is 6.18 Å². The van der Waals surface area contributed by atoms with E-state index < -0.39 is 18.8 Å². The van der Waals surface area contributed by atoms with Gasteiger partial charge in [-0.3, -0.25) is 4.90 Å². The first-order chi connectivity index (χ1) is 8.85. The lowest BCUT2D eigenvalue weighted by molar-refractivity contribution is -0.148. The van der Waals surface area contributed by atoms with Crippen LogP contribution in [0.1, 0.15) is 46.0 Å². The lowest BCUT2D eigenvalue weighted by Crippen LogP contribution is -2.42. The minimum Gasteiger partial charge on any atom is -0.393 e. The molecule has 0 radical (unpaired) electrons. The molecule has 1 saturated carbocycles. The van der Waals surface area contributed by atoms with Gasteiger partial charge in [-0.05, 0) is 37.6 Å². The van der Waals surface area contributed by atoms with Gasteiger partial charge in [0.2, 0.25) is 0 Å². The van der Waals surface area contributed by atoms with Crippen LogP contribution in [0.3, 0.4) is 0 Å². The summed E-state index contributed by atoms with van der Waals surface area (Å²) in [5.74, 6) is 0.565. The molecule has 0 bridgehead atoms. The molecular weight excluding hydrogens is 255 g/mol. The van der Waals surface area contributed by atoms with Gasteiger partial charge in [-0.25, -0.2) is 0 Å². The molecule has 0 aliphatic heterocycles. The van der Waals surface area contributed by atoms with Crippen molar-refractivity contribution in [2.24, 2.45) is 11.8 Å². The molecule has 3 atom stereocenters. The van der Waals surface area contributed by atoms with E-state index in [1.165, 1.54) is 4.90 Å². The Morgan fingerprint density at radius 2 is 1.89 bits per heavy atom. The highest BCUT2D eigenvalue weighted by Crippen LogP contribution is 2.33. The number of aliphatic hydroxyl groups is 1. The van der Waals surface area contributed by atoms with Crippen LogP contribution in [0.2, 0.25) is 0 Å². The second-order valence-corrected chi connectivity index (χ2v) is 5.74. The van der Waals surface area contributed by atoms with Gasteiger partial charge in [-0.1, -0.05) is 26.7 Å². The van der Waals surface area contributed by atoms with E-state index in [0.29, 0.717) is 19.0 Å². The molecule has 0 heterocycles. The molecule has 1 aliphatic carbocycles. The molecule has 1 N–H and O–H groups in total. The van der Waals surface area contributed by atoms with Crippen molar-refractivity contribution < 1.29 is 18.3 Å². The molecule has 1 aliphatic rings. The summed E-state index contributed by atoms with van der Waals surface area (Å²) in [5.41, 5.74) is 0. The monoisotopic (exact) mass is 281 g/mol. The number of aliphatic hydroxyl groups excluding tert-OH is 1.